The highest BCUT2D eigenvalue weighted by molar-refractivity contribution is 7.99. The Morgan fingerprint density at radius 3 is 2.83 bits per heavy atom. The molecule has 0 saturated carbocycles. The first-order valence-corrected chi connectivity index (χ1v) is 7.44. The molecule has 0 amide bonds. The third kappa shape index (κ3) is 5.59. The van der Waals surface area contributed by atoms with Crippen LogP contribution in [0.4, 0.5) is 0 Å². The maximum absolute atomic E-state index is 9.28. The van der Waals surface area contributed by atoms with Gasteiger partial charge in [-0.25, -0.2) is 0 Å². The van der Waals surface area contributed by atoms with Crippen molar-refractivity contribution in [2.75, 3.05) is 18.9 Å². The molecule has 0 saturated heterocycles. The number of benzene rings is 1. The van der Waals surface area contributed by atoms with Gasteiger partial charge in [-0.15, -0.1) is 11.8 Å². The monoisotopic (exact) mass is 289 g/mol. The SMILES string of the molecule is CCCNCc1ccc(SCC(O)CO)c(Cl)c1. The molecule has 1 rings (SSSR count). The third-order valence-electron chi connectivity index (χ3n) is 2.39. The van der Waals surface area contributed by atoms with Gasteiger partial charge in [-0.05, 0) is 30.7 Å². The van der Waals surface area contributed by atoms with E-state index in [4.69, 9.17) is 16.7 Å². The molecule has 1 aromatic rings. The standard InChI is InChI=1S/C13H20ClNO2S/c1-2-5-15-7-10-3-4-13(12(14)6-10)18-9-11(17)8-16/h3-4,6,11,15-17H,2,5,7-9H2,1H3. The number of hydrogen-bond acceptors (Lipinski definition) is 4. The number of nitrogens with one attached hydrogen (secondary N) is 1. The van der Waals surface area contributed by atoms with Crippen molar-refractivity contribution >= 4 is 23.4 Å². The summed E-state index contributed by atoms with van der Waals surface area (Å²) in [6, 6.07) is 5.93. The van der Waals surface area contributed by atoms with Crippen LogP contribution in [0.25, 0.3) is 0 Å². The Morgan fingerprint density at radius 1 is 1.44 bits per heavy atom. The predicted octanol–water partition coefficient (Wildman–Crippen LogP) is 2.28. The molecule has 0 heterocycles. The predicted molar refractivity (Wildman–Crippen MR) is 77.3 cm³/mol. The van der Waals surface area contributed by atoms with E-state index in [1.807, 2.05) is 18.2 Å². The summed E-state index contributed by atoms with van der Waals surface area (Å²) in [5, 5.41) is 22.0. The van der Waals surface area contributed by atoms with E-state index in [1.165, 1.54) is 11.8 Å². The highest BCUT2D eigenvalue weighted by Gasteiger charge is 2.06. The molecule has 0 aliphatic heterocycles. The van der Waals surface area contributed by atoms with Gasteiger partial charge >= 0.3 is 0 Å². The quantitative estimate of drug-likeness (QED) is 0.508. The van der Waals surface area contributed by atoms with Crippen LogP contribution in [0.1, 0.15) is 18.9 Å². The molecule has 0 bridgehead atoms. The molecule has 3 N–H and O–H groups in total. The Bertz CT molecular complexity index is 363. The van der Waals surface area contributed by atoms with Crippen LogP contribution in [0, 0.1) is 0 Å². The van der Waals surface area contributed by atoms with Crippen molar-refractivity contribution in [2.24, 2.45) is 0 Å². The normalized spacial score (nSPS) is 12.7. The molecule has 18 heavy (non-hydrogen) atoms. The summed E-state index contributed by atoms with van der Waals surface area (Å²) < 4.78 is 0. The van der Waals surface area contributed by atoms with Crippen LogP contribution < -0.4 is 5.32 Å². The number of aliphatic hydroxyl groups excluding tert-OH is 2. The topological polar surface area (TPSA) is 52.5 Å². The molecule has 0 fully saturated rings. The first-order valence-electron chi connectivity index (χ1n) is 6.08. The molecule has 0 radical (unpaired) electrons. The Morgan fingerprint density at radius 2 is 2.22 bits per heavy atom. The molecule has 3 nitrogen and oxygen atoms in total. The van der Waals surface area contributed by atoms with Gasteiger partial charge in [0.25, 0.3) is 0 Å². The van der Waals surface area contributed by atoms with Gasteiger partial charge in [0.15, 0.2) is 0 Å². The summed E-state index contributed by atoms with van der Waals surface area (Å²) in [6.07, 6.45) is 0.415. The number of thioether (sulfide) groups is 1. The lowest BCUT2D eigenvalue weighted by Gasteiger charge is -2.10. The van der Waals surface area contributed by atoms with E-state index < -0.39 is 6.10 Å². The van der Waals surface area contributed by atoms with Crippen molar-refractivity contribution in [3.8, 4) is 0 Å². The Labute approximate surface area is 118 Å². The van der Waals surface area contributed by atoms with Gasteiger partial charge in [-0.1, -0.05) is 24.6 Å². The smallest absolute Gasteiger partial charge is 0.0864 e. The fourth-order valence-corrected chi connectivity index (χ4v) is 2.62. The Balaban J connectivity index is 2.51. The van der Waals surface area contributed by atoms with E-state index in [9.17, 15) is 5.11 Å². The van der Waals surface area contributed by atoms with Crippen LogP contribution in [-0.4, -0.2) is 35.2 Å². The summed E-state index contributed by atoms with van der Waals surface area (Å²) in [7, 11) is 0. The van der Waals surface area contributed by atoms with E-state index in [-0.39, 0.29) is 6.61 Å². The molecule has 5 heteroatoms. The Hall–Kier alpha value is -0.260. The van der Waals surface area contributed by atoms with E-state index in [0.29, 0.717) is 10.8 Å². The number of aliphatic hydroxyl groups is 2. The zero-order valence-corrected chi connectivity index (χ0v) is 12.1. The van der Waals surface area contributed by atoms with Crippen molar-refractivity contribution in [1.29, 1.82) is 0 Å². The first kappa shape index (κ1) is 15.8. The van der Waals surface area contributed by atoms with Crippen LogP contribution >= 0.6 is 23.4 Å². The lowest BCUT2D eigenvalue weighted by atomic mass is 10.2. The zero-order chi connectivity index (χ0) is 13.4. The highest BCUT2D eigenvalue weighted by Crippen LogP contribution is 2.28. The molecule has 0 aliphatic carbocycles. The molecule has 1 atom stereocenters. The number of hydrogen-bond donors (Lipinski definition) is 3. The van der Waals surface area contributed by atoms with Crippen molar-refractivity contribution in [1.82, 2.24) is 5.32 Å². The summed E-state index contributed by atoms with van der Waals surface area (Å²) in [5.74, 6) is 0.448. The zero-order valence-electron chi connectivity index (χ0n) is 10.5. The van der Waals surface area contributed by atoms with E-state index >= 15 is 0 Å². The molecule has 0 aliphatic rings. The van der Waals surface area contributed by atoms with Gasteiger partial charge in [0.05, 0.1) is 17.7 Å². The lowest BCUT2D eigenvalue weighted by Crippen LogP contribution is -2.14. The molecular weight excluding hydrogens is 270 g/mol. The minimum Gasteiger partial charge on any atom is -0.394 e. The lowest BCUT2D eigenvalue weighted by molar-refractivity contribution is 0.113. The minimum atomic E-state index is -0.697. The van der Waals surface area contributed by atoms with Crippen molar-refractivity contribution in [3.63, 3.8) is 0 Å². The molecule has 0 aromatic heterocycles. The maximum atomic E-state index is 9.28. The summed E-state index contributed by atoms with van der Waals surface area (Å²) in [4.78, 5) is 0.934. The molecule has 102 valence electrons. The molecule has 1 unspecified atom stereocenters. The Kier molecular flexibility index (Phi) is 7.70. The number of halogens is 1. The summed E-state index contributed by atoms with van der Waals surface area (Å²) in [6.45, 7) is 3.73. The van der Waals surface area contributed by atoms with Gasteiger partial charge in [0, 0.05) is 17.2 Å². The minimum absolute atomic E-state index is 0.219. The van der Waals surface area contributed by atoms with Crippen molar-refractivity contribution in [3.05, 3.63) is 28.8 Å². The second-order valence-corrected chi connectivity index (χ2v) is 5.56. The van der Waals surface area contributed by atoms with Gasteiger partial charge in [0.1, 0.15) is 0 Å². The van der Waals surface area contributed by atoms with Crippen LogP contribution in [0.5, 0.6) is 0 Å². The summed E-state index contributed by atoms with van der Waals surface area (Å²) >= 11 is 7.63. The van der Waals surface area contributed by atoms with Crippen LogP contribution in [0.3, 0.4) is 0 Å². The summed E-state index contributed by atoms with van der Waals surface area (Å²) in [5.41, 5.74) is 1.15. The number of rotatable bonds is 8. The van der Waals surface area contributed by atoms with E-state index in [0.717, 1.165) is 30.0 Å². The molecule has 1 aromatic carbocycles. The van der Waals surface area contributed by atoms with Crippen molar-refractivity contribution in [2.45, 2.75) is 30.9 Å². The second kappa shape index (κ2) is 8.77. The molecular formula is C13H20ClNO2S. The maximum Gasteiger partial charge on any atom is 0.0864 e. The fourth-order valence-electron chi connectivity index (χ4n) is 1.42. The van der Waals surface area contributed by atoms with Gasteiger partial charge in [0.2, 0.25) is 0 Å². The fraction of sp³-hybridized carbons (Fsp3) is 0.538. The largest absolute Gasteiger partial charge is 0.394 e. The van der Waals surface area contributed by atoms with Crippen LogP contribution in [0.15, 0.2) is 23.1 Å². The first-order chi connectivity index (χ1) is 8.67. The second-order valence-electron chi connectivity index (χ2n) is 4.09. The van der Waals surface area contributed by atoms with Crippen molar-refractivity contribution < 1.29 is 10.2 Å². The molecule has 0 spiro atoms. The average Bonchev–Trinajstić information content (AvgIpc) is 2.37. The van der Waals surface area contributed by atoms with Gasteiger partial charge < -0.3 is 15.5 Å². The average molecular weight is 290 g/mol. The third-order valence-corrected chi connectivity index (χ3v) is 4.04. The van der Waals surface area contributed by atoms with E-state index in [1.54, 1.807) is 0 Å². The van der Waals surface area contributed by atoms with Crippen LogP contribution in [0.2, 0.25) is 5.02 Å². The van der Waals surface area contributed by atoms with Crippen LogP contribution in [-0.2, 0) is 6.54 Å². The van der Waals surface area contributed by atoms with E-state index in [2.05, 4.69) is 12.2 Å². The van der Waals surface area contributed by atoms with Gasteiger partial charge in [-0.2, -0.15) is 0 Å². The highest BCUT2D eigenvalue weighted by atomic mass is 35.5. The van der Waals surface area contributed by atoms with Gasteiger partial charge in [-0.3, -0.25) is 0 Å².